The van der Waals surface area contributed by atoms with Gasteiger partial charge in [0.25, 0.3) is 0 Å². The Labute approximate surface area is 190 Å². The van der Waals surface area contributed by atoms with Crippen LogP contribution < -0.4 is 0 Å². The van der Waals surface area contributed by atoms with Crippen LogP contribution >= 0.6 is 11.6 Å². The average Bonchev–Trinajstić information content (AvgIpc) is 2.95. The summed E-state index contributed by atoms with van der Waals surface area (Å²) in [4.78, 5) is 0. The minimum Gasteiger partial charge on any atom is -0.501 e. The van der Waals surface area contributed by atoms with Crippen molar-refractivity contribution in [3.8, 4) is 18.2 Å². The fourth-order valence-electron chi connectivity index (χ4n) is 3.69. The Morgan fingerprint density at radius 3 is 2.35 bits per heavy atom. The van der Waals surface area contributed by atoms with Crippen LogP contribution in [0.25, 0.3) is 0 Å². The van der Waals surface area contributed by atoms with E-state index < -0.39 is 5.60 Å². The average molecular weight is 438 g/mol. The molecule has 0 saturated carbocycles. The van der Waals surface area contributed by atoms with Crippen LogP contribution in [0.4, 0.5) is 0 Å². The molecule has 0 N–H and O–H groups in total. The lowest BCUT2D eigenvalue weighted by Crippen LogP contribution is -2.25. The predicted octanol–water partition coefficient (Wildman–Crippen LogP) is 6.34. The molecule has 0 amide bonds. The van der Waals surface area contributed by atoms with Gasteiger partial charge in [-0.3, -0.25) is 0 Å². The van der Waals surface area contributed by atoms with Gasteiger partial charge >= 0.3 is 0 Å². The van der Waals surface area contributed by atoms with E-state index >= 15 is 0 Å². The summed E-state index contributed by atoms with van der Waals surface area (Å²) < 4.78 is 11.4. The Kier molecular flexibility index (Phi) is 7.43. The van der Waals surface area contributed by atoms with E-state index in [9.17, 15) is 15.8 Å². The lowest BCUT2D eigenvalue weighted by atomic mass is 9.71. The third-order valence-corrected chi connectivity index (χ3v) is 6.11. The molecule has 0 aromatic carbocycles. The molecule has 31 heavy (non-hydrogen) atoms. The molecule has 0 saturated heterocycles. The minimum atomic E-state index is -0.856. The van der Waals surface area contributed by atoms with Crippen molar-refractivity contribution < 1.29 is 9.47 Å². The molecule has 0 bridgehead atoms. The van der Waals surface area contributed by atoms with Gasteiger partial charge in [0.05, 0.1) is 17.9 Å². The summed E-state index contributed by atoms with van der Waals surface area (Å²) in [6.45, 7) is 12.7. The van der Waals surface area contributed by atoms with Crippen LogP contribution in [0.3, 0.4) is 0 Å². The van der Waals surface area contributed by atoms with Crippen LogP contribution in [0.15, 0.2) is 57.1 Å². The largest absolute Gasteiger partial charge is 0.501 e. The van der Waals surface area contributed by atoms with Crippen molar-refractivity contribution in [2.45, 2.75) is 60.0 Å². The van der Waals surface area contributed by atoms with Gasteiger partial charge in [0.2, 0.25) is 0 Å². The van der Waals surface area contributed by atoms with Gasteiger partial charge in [0.15, 0.2) is 11.3 Å². The fraction of sp³-hybridized carbons (Fsp3) is 0.480. The van der Waals surface area contributed by atoms with Crippen LogP contribution in [0, 0.1) is 45.3 Å². The van der Waals surface area contributed by atoms with E-state index in [1.165, 1.54) is 0 Å². The van der Waals surface area contributed by atoms with Gasteiger partial charge in [0.1, 0.15) is 29.4 Å². The SMILES string of the molecule is CCOC=C1CC(C(C)(C)C)CC(C=CC2=C(C#N)C(=C(C#N)C#N)OC2(C)C)=C1Cl. The van der Waals surface area contributed by atoms with Gasteiger partial charge in [-0.15, -0.1) is 0 Å². The van der Waals surface area contributed by atoms with E-state index in [1.54, 1.807) is 20.1 Å². The zero-order valence-corrected chi connectivity index (χ0v) is 19.7. The van der Waals surface area contributed by atoms with Crippen molar-refractivity contribution in [3.05, 3.63) is 57.1 Å². The van der Waals surface area contributed by atoms with Gasteiger partial charge in [-0.25, -0.2) is 0 Å². The van der Waals surface area contributed by atoms with Gasteiger partial charge in [-0.2, -0.15) is 15.8 Å². The van der Waals surface area contributed by atoms with Gasteiger partial charge < -0.3 is 9.47 Å². The van der Waals surface area contributed by atoms with Crippen LogP contribution in [0.2, 0.25) is 0 Å². The van der Waals surface area contributed by atoms with Gasteiger partial charge in [-0.05, 0) is 50.5 Å². The first-order chi connectivity index (χ1) is 14.5. The summed E-state index contributed by atoms with van der Waals surface area (Å²) in [5, 5.41) is 28.8. The monoisotopic (exact) mass is 437 g/mol. The predicted molar refractivity (Wildman–Crippen MR) is 120 cm³/mol. The number of nitrogens with zero attached hydrogens (tertiary/aromatic N) is 3. The molecule has 0 radical (unpaired) electrons. The third-order valence-electron chi connectivity index (χ3n) is 5.63. The van der Waals surface area contributed by atoms with Crippen molar-refractivity contribution in [2.24, 2.45) is 11.3 Å². The maximum Gasteiger partial charge on any atom is 0.172 e. The summed E-state index contributed by atoms with van der Waals surface area (Å²) in [5.74, 6) is 0.406. The molecule has 2 rings (SSSR count). The first kappa shape index (κ1) is 24.3. The summed E-state index contributed by atoms with van der Waals surface area (Å²) >= 11 is 6.72. The highest BCUT2D eigenvalue weighted by Gasteiger charge is 2.39. The summed E-state index contributed by atoms with van der Waals surface area (Å²) in [6, 6.07) is 5.72. The van der Waals surface area contributed by atoms with Gasteiger partial charge in [0, 0.05) is 11.1 Å². The Bertz CT molecular complexity index is 1010. The maximum absolute atomic E-state index is 9.72. The Hall–Kier alpha value is -2.94. The summed E-state index contributed by atoms with van der Waals surface area (Å²) in [6.07, 6.45) is 7.10. The van der Waals surface area contributed by atoms with Crippen molar-refractivity contribution in [3.63, 3.8) is 0 Å². The van der Waals surface area contributed by atoms with E-state index in [-0.39, 0.29) is 22.3 Å². The number of nitriles is 3. The zero-order valence-electron chi connectivity index (χ0n) is 19.0. The molecule has 0 fully saturated rings. The van der Waals surface area contributed by atoms with E-state index in [1.807, 2.05) is 31.2 Å². The summed E-state index contributed by atoms with van der Waals surface area (Å²) in [5.41, 5.74) is 1.74. The van der Waals surface area contributed by atoms with Crippen molar-refractivity contribution in [1.29, 1.82) is 15.8 Å². The Morgan fingerprint density at radius 1 is 1.19 bits per heavy atom. The lowest BCUT2D eigenvalue weighted by Gasteiger charge is -2.35. The van der Waals surface area contributed by atoms with E-state index in [4.69, 9.17) is 21.1 Å². The Balaban J connectivity index is 2.58. The Morgan fingerprint density at radius 2 is 1.84 bits per heavy atom. The zero-order chi connectivity index (χ0) is 23.4. The van der Waals surface area contributed by atoms with Crippen molar-refractivity contribution >= 4 is 11.6 Å². The molecule has 1 atom stereocenters. The topological polar surface area (TPSA) is 89.8 Å². The standard InChI is InChI=1S/C25H28ClN3O2/c1-7-30-15-17-11-19(24(2,3)4)10-16(22(17)26)8-9-21-20(14-29)23(18(12-27)13-28)31-25(21,5)6/h8-9,15,19H,7,10-11H2,1-6H3. The highest BCUT2D eigenvalue weighted by Crippen LogP contribution is 2.45. The fourth-order valence-corrected chi connectivity index (χ4v) is 3.95. The quantitative estimate of drug-likeness (QED) is 0.378. The molecular weight excluding hydrogens is 410 g/mol. The number of hydrogen-bond acceptors (Lipinski definition) is 5. The van der Waals surface area contributed by atoms with Crippen LogP contribution in [0.1, 0.15) is 54.4 Å². The van der Waals surface area contributed by atoms with Crippen molar-refractivity contribution in [1.82, 2.24) is 0 Å². The smallest absolute Gasteiger partial charge is 0.172 e. The first-order valence-electron chi connectivity index (χ1n) is 10.3. The number of ether oxygens (including phenoxy) is 2. The minimum absolute atomic E-state index is 0.0327. The molecule has 1 heterocycles. The highest BCUT2D eigenvalue weighted by molar-refractivity contribution is 6.32. The highest BCUT2D eigenvalue weighted by atomic mass is 35.5. The second kappa shape index (κ2) is 9.47. The molecule has 0 aromatic heterocycles. The molecule has 5 nitrogen and oxygen atoms in total. The number of halogens is 1. The molecule has 1 aliphatic heterocycles. The lowest BCUT2D eigenvalue weighted by molar-refractivity contribution is 0.0954. The first-order valence-corrected chi connectivity index (χ1v) is 10.6. The molecule has 2 aliphatic rings. The molecule has 0 aromatic rings. The maximum atomic E-state index is 9.72. The molecular formula is C25H28ClN3O2. The third kappa shape index (κ3) is 5.22. The molecule has 1 unspecified atom stereocenters. The molecule has 162 valence electrons. The van der Waals surface area contributed by atoms with Crippen LogP contribution in [-0.2, 0) is 9.47 Å². The van der Waals surface area contributed by atoms with Gasteiger partial charge in [-0.1, -0.05) is 44.5 Å². The number of hydrogen-bond donors (Lipinski definition) is 0. The molecule has 1 aliphatic carbocycles. The van der Waals surface area contributed by atoms with E-state index in [0.717, 1.165) is 24.0 Å². The molecule has 0 spiro atoms. The second-order valence-corrected chi connectivity index (χ2v) is 9.56. The number of rotatable bonds is 4. The van der Waals surface area contributed by atoms with Crippen molar-refractivity contribution in [2.75, 3.05) is 6.61 Å². The number of allylic oxidation sites excluding steroid dienone is 6. The van der Waals surface area contributed by atoms with E-state index in [2.05, 4.69) is 26.8 Å². The summed E-state index contributed by atoms with van der Waals surface area (Å²) in [7, 11) is 0. The normalized spacial score (nSPS) is 22.3. The van der Waals surface area contributed by atoms with Crippen LogP contribution in [0.5, 0.6) is 0 Å². The van der Waals surface area contributed by atoms with Crippen LogP contribution in [-0.4, -0.2) is 12.2 Å². The molecule has 6 heteroatoms. The second-order valence-electron chi connectivity index (χ2n) is 9.18. The van der Waals surface area contributed by atoms with E-state index in [0.29, 0.717) is 23.1 Å².